The molecule has 0 fully saturated rings. The third-order valence-corrected chi connectivity index (χ3v) is 0. The first-order valence-electron chi connectivity index (χ1n) is 0. The van der Waals surface area contributed by atoms with E-state index in [-0.39, 0.29) is 89.3 Å². The summed E-state index contributed by atoms with van der Waals surface area (Å²) in [5, 5.41) is 0. The molecule has 0 rings (SSSR count). The molecule has 9 radical (unpaired) electrons. The first kappa shape index (κ1) is 77.6. The van der Waals surface area contributed by atoms with Gasteiger partial charge in [-0.3, -0.25) is 0 Å². The Labute approximate surface area is 88.4 Å². The van der Waals surface area contributed by atoms with Gasteiger partial charge in [-0.15, -0.1) is 37.2 Å². The minimum absolute atomic E-state index is 0. The van der Waals surface area contributed by atoms with Gasteiger partial charge >= 0.3 is 0 Å². The molecule has 0 amide bonds. The highest BCUT2D eigenvalue weighted by Crippen LogP contribution is 0.692. The molecule has 0 aromatic carbocycles. The van der Waals surface area contributed by atoms with Gasteiger partial charge in [0, 0.05) is 52.1 Å². The highest BCUT2D eigenvalue weighted by atomic mass is 35.5. The average Bonchev–Trinajstić information content (AvgIpc) is 0. The van der Waals surface area contributed by atoms with Crippen molar-refractivity contribution >= 4 is 89.3 Å². The molecule has 0 aromatic heterocycles. The van der Waals surface area contributed by atoms with Crippen molar-refractivity contribution in [3.05, 3.63) is 0 Å². The van der Waals surface area contributed by atoms with Crippen LogP contribution in [0.4, 0.5) is 0 Å². The molecule has 0 aliphatic rings. The van der Waals surface area contributed by atoms with Gasteiger partial charge in [0.05, 0.1) is 0 Å². The molecule has 6 heteroatoms. The predicted molar refractivity (Wildman–Crippen MR) is 39.0 cm³/mol. The predicted octanol–water partition coefficient (Wildman–Crippen LogP) is 0.123. The second-order valence-corrected chi connectivity index (χ2v) is 0. The Morgan fingerprint density at radius 3 is 0.333 bits per heavy atom. The van der Waals surface area contributed by atoms with Crippen LogP contribution in [0.1, 0.15) is 0 Å². The molecule has 0 spiro atoms. The van der Waals surface area contributed by atoms with E-state index in [0.29, 0.717) is 0 Å². The van der Waals surface area contributed by atoms with Crippen LogP contribution in [0, 0.1) is 0 Å². The van der Waals surface area contributed by atoms with Crippen LogP contribution in [0.5, 0.6) is 0 Å². The zero-order chi connectivity index (χ0) is 0. The van der Waals surface area contributed by atoms with E-state index in [0.717, 1.165) is 0 Å². The zero-order valence-electron chi connectivity index (χ0n) is 2.96. The van der Waals surface area contributed by atoms with E-state index in [4.69, 9.17) is 0 Å². The Bertz CT molecular complexity index is 6.00. The molecule has 0 aliphatic heterocycles. The third kappa shape index (κ3) is 31.8. The van der Waals surface area contributed by atoms with Crippen LogP contribution in [0.15, 0.2) is 0 Å². The second-order valence-electron chi connectivity index (χ2n) is 0. The molecule has 0 nitrogen and oxygen atoms in total. The van der Waals surface area contributed by atoms with Crippen LogP contribution in [-0.2, 0) is 0 Å². The number of halogens is 3. The van der Waals surface area contributed by atoms with Crippen LogP contribution in [0.3, 0.4) is 0 Å². The summed E-state index contributed by atoms with van der Waals surface area (Å²) >= 11 is 0. The van der Waals surface area contributed by atoms with Crippen molar-refractivity contribution < 1.29 is 0 Å². The molecular formula is H3Al3Cl3. The van der Waals surface area contributed by atoms with E-state index in [1.165, 1.54) is 0 Å². The van der Waals surface area contributed by atoms with Crippen molar-refractivity contribution in [2.45, 2.75) is 0 Å². The normalized spacial score (nSPS) is 0. The van der Waals surface area contributed by atoms with Gasteiger partial charge in [-0.25, -0.2) is 0 Å². The Morgan fingerprint density at radius 2 is 0.333 bits per heavy atom. The molecule has 0 unspecified atom stereocenters. The van der Waals surface area contributed by atoms with Crippen LogP contribution >= 0.6 is 37.2 Å². The maximum Gasteiger partial charge on any atom is 0 e. The first-order valence-corrected chi connectivity index (χ1v) is 0. The van der Waals surface area contributed by atoms with E-state index in [9.17, 15) is 0 Å². The molecule has 33 valence electrons. The molecule has 6 heavy (non-hydrogen) atoms. The molecule has 0 saturated carbocycles. The minimum Gasteiger partial charge on any atom is -0.147 e. The smallest absolute Gasteiger partial charge is 0 e. The maximum absolute atomic E-state index is 0. The SMILES string of the molecule is Cl.Cl.Cl.[Al].[Al].[Al]. The van der Waals surface area contributed by atoms with Gasteiger partial charge in [0.25, 0.3) is 0 Å². The lowest BCUT2D eigenvalue weighted by atomic mass is 27.0. The summed E-state index contributed by atoms with van der Waals surface area (Å²) in [7, 11) is 0. The van der Waals surface area contributed by atoms with Crippen LogP contribution in [-0.4, -0.2) is 52.1 Å². The molecule has 0 atom stereocenters. The Kier molecular flexibility index (Phi) is 663. The molecule has 0 saturated heterocycles. The van der Waals surface area contributed by atoms with Crippen molar-refractivity contribution in [2.24, 2.45) is 0 Å². The molecule has 0 aliphatic carbocycles. The molecule has 0 aromatic rings. The molecule has 0 N–H and O–H groups in total. The quantitative estimate of drug-likeness (QED) is 0.476. The molecule has 0 bridgehead atoms. The summed E-state index contributed by atoms with van der Waals surface area (Å²) in [5.74, 6) is 0. The summed E-state index contributed by atoms with van der Waals surface area (Å²) in [6, 6.07) is 0. The van der Waals surface area contributed by atoms with Gasteiger partial charge in [0.2, 0.25) is 0 Å². The van der Waals surface area contributed by atoms with Gasteiger partial charge in [-0.05, 0) is 0 Å². The van der Waals surface area contributed by atoms with E-state index in [2.05, 4.69) is 0 Å². The summed E-state index contributed by atoms with van der Waals surface area (Å²) < 4.78 is 0. The van der Waals surface area contributed by atoms with Crippen molar-refractivity contribution in [1.29, 1.82) is 0 Å². The lowest BCUT2D eigenvalue weighted by Gasteiger charge is -0.148. The summed E-state index contributed by atoms with van der Waals surface area (Å²) in [6.07, 6.45) is 0. The molecule has 0 heterocycles. The standard InChI is InChI=1S/3Al.3ClH/h;;;3*1H. The van der Waals surface area contributed by atoms with Crippen LogP contribution < -0.4 is 0 Å². The number of hydrogen-bond acceptors (Lipinski definition) is 0. The van der Waals surface area contributed by atoms with E-state index in [1.807, 2.05) is 0 Å². The number of rotatable bonds is 0. The van der Waals surface area contributed by atoms with Gasteiger partial charge in [0.15, 0.2) is 0 Å². The summed E-state index contributed by atoms with van der Waals surface area (Å²) in [6.45, 7) is 0. The Hall–Kier alpha value is 2.47. The van der Waals surface area contributed by atoms with Gasteiger partial charge in [-0.2, -0.15) is 0 Å². The monoisotopic (exact) mass is 189 g/mol. The highest BCUT2D eigenvalue weighted by molar-refractivity contribution is 5.86. The lowest BCUT2D eigenvalue weighted by molar-refractivity contribution is 5.75. The highest BCUT2D eigenvalue weighted by Gasteiger charge is 0.00206. The Balaban J connectivity index is 0. The second kappa shape index (κ2) is 51.3. The minimum atomic E-state index is 0. The van der Waals surface area contributed by atoms with Gasteiger partial charge in [0.1, 0.15) is 0 Å². The molecular weight excluding hydrogens is 187 g/mol. The topological polar surface area (TPSA) is 0 Å². The summed E-state index contributed by atoms with van der Waals surface area (Å²) in [5.41, 5.74) is 0. The van der Waals surface area contributed by atoms with Gasteiger partial charge in [-0.1, -0.05) is 0 Å². The van der Waals surface area contributed by atoms with Gasteiger partial charge < -0.3 is 0 Å². The third-order valence-electron chi connectivity index (χ3n) is 0. The Morgan fingerprint density at radius 1 is 0.333 bits per heavy atom. The lowest BCUT2D eigenvalue weighted by Crippen LogP contribution is -0.382. The average molecular weight is 190 g/mol. The fourth-order valence-electron chi connectivity index (χ4n) is 0. The van der Waals surface area contributed by atoms with Crippen molar-refractivity contribution in [3.8, 4) is 0 Å². The van der Waals surface area contributed by atoms with E-state index < -0.39 is 0 Å². The van der Waals surface area contributed by atoms with E-state index in [1.54, 1.807) is 0 Å². The fraction of sp³-hybridized carbons (Fsp3) is 0. The zero-order valence-corrected chi connectivity index (χ0v) is 8.87. The number of hydrogen-bond donors (Lipinski definition) is 0. The largest absolute Gasteiger partial charge is 0.147 e. The fourth-order valence-corrected chi connectivity index (χ4v) is 0. The van der Waals surface area contributed by atoms with Crippen molar-refractivity contribution in [3.63, 3.8) is 0 Å². The summed E-state index contributed by atoms with van der Waals surface area (Å²) in [4.78, 5) is 0. The van der Waals surface area contributed by atoms with Crippen molar-refractivity contribution in [1.82, 2.24) is 0 Å². The van der Waals surface area contributed by atoms with Crippen LogP contribution in [0.2, 0.25) is 0 Å². The van der Waals surface area contributed by atoms with Crippen molar-refractivity contribution in [2.75, 3.05) is 0 Å². The van der Waals surface area contributed by atoms with E-state index >= 15 is 0 Å². The first-order chi connectivity index (χ1) is 0. The maximum atomic E-state index is 0. The van der Waals surface area contributed by atoms with Crippen LogP contribution in [0.25, 0.3) is 0 Å².